The fraction of sp³-hybridized carbons (Fsp3) is 0.583. The van der Waals surface area contributed by atoms with Crippen LogP contribution in [0.2, 0.25) is 0 Å². The predicted octanol–water partition coefficient (Wildman–Crippen LogP) is -0.0466. The first-order valence-corrected chi connectivity index (χ1v) is 8.37. The van der Waals surface area contributed by atoms with Gasteiger partial charge in [0.05, 0.1) is 30.6 Å². The van der Waals surface area contributed by atoms with E-state index in [9.17, 15) is 13.2 Å². The number of aromatic nitrogens is 2. The summed E-state index contributed by atoms with van der Waals surface area (Å²) in [5.74, 6) is -0.384. The quantitative estimate of drug-likeness (QED) is 0.805. The minimum Gasteiger partial charge on any atom is -0.481 e. The Hall–Kier alpha value is -1.90. The summed E-state index contributed by atoms with van der Waals surface area (Å²) in [5, 5.41) is 8.96. The number of aliphatic carboxylic acids is 1. The van der Waals surface area contributed by atoms with Crippen molar-refractivity contribution in [3.63, 3.8) is 0 Å². The lowest BCUT2D eigenvalue weighted by Gasteiger charge is -2.35. The van der Waals surface area contributed by atoms with Gasteiger partial charge in [-0.3, -0.25) is 4.79 Å². The second-order valence-corrected chi connectivity index (χ2v) is 6.94. The third-order valence-electron chi connectivity index (χ3n) is 3.15. The van der Waals surface area contributed by atoms with Gasteiger partial charge in [-0.05, 0) is 6.92 Å². The Balaban J connectivity index is 2.26. The average molecular weight is 315 g/mol. The van der Waals surface area contributed by atoms with Crippen molar-refractivity contribution in [1.82, 2.24) is 9.97 Å². The normalized spacial score (nSPS) is 21.0. The fourth-order valence-electron chi connectivity index (χ4n) is 2.27. The molecule has 0 radical (unpaired) electrons. The molecule has 1 atom stereocenters. The third-order valence-corrected chi connectivity index (χ3v) is 4.85. The zero-order valence-corrected chi connectivity index (χ0v) is 12.4. The number of ether oxygens (including phenoxy) is 1. The maximum absolute atomic E-state index is 11.7. The van der Waals surface area contributed by atoms with Gasteiger partial charge in [-0.2, -0.15) is 0 Å². The summed E-state index contributed by atoms with van der Waals surface area (Å²) < 4.78 is 28.7. The highest BCUT2D eigenvalue weighted by atomic mass is 32.2. The molecule has 1 fully saturated rings. The molecule has 1 saturated heterocycles. The molecular weight excluding hydrogens is 298 g/mol. The van der Waals surface area contributed by atoms with Crippen molar-refractivity contribution in [2.75, 3.05) is 29.6 Å². The van der Waals surface area contributed by atoms with Crippen molar-refractivity contribution in [2.45, 2.75) is 19.4 Å². The first-order valence-electron chi connectivity index (χ1n) is 6.55. The summed E-state index contributed by atoms with van der Waals surface area (Å²) in [7, 11) is -3.22. The molecule has 8 nitrogen and oxygen atoms in total. The van der Waals surface area contributed by atoms with Gasteiger partial charge in [0, 0.05) is 12.6 Å². The average Bonchev–Trinajstić information content (AvgIpc) is 2.38. The van der Waals surface area contributed by atoms with Gasteiger partial charge in [-0.15, -0.1) is 0 Å². The Morgan fingerprint density at radius 1 is 1.52 bits per heavy atom. The zero-order valence-electron chi connectivity index (χ0n) is 11.6. The van der Waals surface area contributed by atoms with Crippen LogP contribution in [0.15, 0.2) is 12.4 Å². The highest BCUT2D eigenvalue weighted by molar-refractivity contribution is 7.91. The molecule has 1 aliphatic heterocycles. The molecule has 0 amide bonds. The number of hydrogen-bond donors (Lipinski definition) is 1. The molecule has 1 aromatic rings. The van der Waals surface area contributed by atoms with Crippen LogP contribution in [0.1, 0.15) is 13.3 Å². The van der Waals surface area contributed by atoms with Crippen LogP contribution in [0, 0.1) is 0 Å². The van der Waals surface area contributed by atoms with E-state index in [1.54, 1.807) is 11.0 Å². The number of sulfone groups is 1. The molecule has 2 heterocycles. The number of carboxylic acids is 1. The topological polar surface area (TPSA) is 110 Å². The number of rotatable bonds is 5. The van der Waals surface area contributed by atoms with Crippen LogP contribution >= 0.6 is 0 Å². The fourth-order valence-corrected chi connectivity index (χ4v) is 3.80. The van der Waals surface area contributed by atoms with E-state index in [0.29, 0.717) is 18.3 Å². The van der Waals surface area contributed by atoms with E-state index in [1.165, 1.54) is 6.33 Å². The van der Waals surface area contributed by atoms with Gasteiger partial charge in [-0.1, -0.05) is 0 Å². The zero-order chi connectivity index (χ0) is 15.5. The molecule has 1 unspecified atom stereocenters. The van der Waals surface area contributed by atoms with Crippen molar-refractivity contribution in [2.24, 2.45) is 0 Å². The second-order valence-electron chi connectivity index (χ2n) is 4.71. The van der Waals surface area contributed by atoms with E-state index in [-0.39, 0.29) is 24.5 Å². The molecule has 0 aliphatic carbocycles. The largest absolute Gasteiger partial charge is 0.481 e. The van der Waals surface area contributed by atoms with Gasteiger partial charge >= 0.3 is 5.97 Å². The molecule has 21 heavy (non-hydrogen) atoms. The van der Waals surface area contributed by atoms with E-state index in [1.807, 2.05) is 6.92 Å². The highest BCUT2D eigenvalue weighted by Crippen LogP contribution is 2.23. The maximum Gasteiger partial charge on any atom is 0.305 e. The summed E-state index contributed by atoms with van der Waals surface area (Å²) in [6, 6.07) is 0.960. The number of hydrogen-bond acceptors (Lipinski definition) is 7. The van der Waals surface area contributed by atoms with Gasteiger partial charge in [-0.25, -0.2) is 18.4 Å². The molecule has 0 aromatic carbocycles. The molecular formula is C12H17N3O5S. The molecule has 1 aliphatic rings. The summed E-state index contributed by atoms with van der Waals surface area (Å²) in [5.41, 5.74) is 0. The first kappa shape index (κ1) is 15.5. The minimum atomic E-state index is -3.22. The van der Waals surface area contributed by atoms with Crippen LogP contribution in [0.4, 0.5) is 5.82 Å². The second kappa shape index (κ2) is 6.25. The molecule has 1 N–H and O–H groups in total. The Morgan fingerprint density at radius 2 is 2.29 bits per heavy atom. The van der Waals surface area contributed by atoms with Crippen LogP contribution in [0.25, 0.3) is 0 Å². The Bertz CT molecular complexity index is 619. The number of nitrogens with zero attached hydrogens (tertiary/aromatic N) is 3. The molecule has 9 heteroatoms. The van der Waals surface area contributed by atoms with Crippen LogP contribution < -0.4 is 9.64 Å². The number of carboxylic acid groups (broad SMARTS) is 1. The van der Waals surface area contributed by atoms with Crippen LogP contribution in [-0.4, -0.2) is 60.2 Å². The summed E-state index contributed by atoms with van der Waals surface area (Å²) in [4.78, 5) is 20.7. The lowest BCUT2D eigenvalue weighted by Crippen LogP contribution is -2.49. The molecule has 0 bridgehead atoms. The van der Waals surface area contributed by atoms with E-state index >= 15 is 0 Å². The molecule has 2 rings (SSSR count). The molecule has 1 aromatic heterocycles. The third kappa shape index (κ3) is 4.03. The minimum absolute atomic E-state index is 0.0168. The van der Waals surface area contributed by atoms with E-state index in [4.69, 9.17) is 9.84 Å². The van der Waals surface area contributed by atoms with E-state index < -0.39 is 21.8 Å². The Morgan fingerprint density at radius 3 is 2.95 bits per heavy atom. The van der Waals surface area contributed by atoms with Crippen molar-refractivity contribution in [3.8, 4) is 5.88 Å². The van der Waals surface area contributed by atoms with E-state index in [2.05, 4.69) is 9.97 Å². The van der Waals surface area contributed by atoms with Gasteiger partial charge in [0.1, 0.15) is 12.1 Å². The smallest absolute Gasteiger partial charge is 0.305 e. The Kier molecular flexibility index (Phi) is 4.61. The van der Waals surface area contributed by atoms with Gasteiger partial charge in [0.2, 0.25) is 5.88 Å². The van der Waals surface area contributed by atoms with Crippen LogP contribution in [0.5, 0.6) is 5.88 Å². The summed E-state index contributed by atoms with van der Waals surface area (Å²) in [6.45, 7) is 2.48. The van der Waals surface area contributed by atoms with Crippen molar-refractivity contribution in [3.05, 3.63) is 12.4 Å². The number of carbonyl (C=O) groups is 1. The summed E-state index contributed by atoms with van der Waals surface area (Å²) >= 11 is 0. The predicted molar refractivity (Wildman–Crippen MR) is 75.2 cm³/mol. The van der Waals surface area contributed by atoms with Crippen LogP contribution in [0.3, 0.4) is 0 Å². The van der Waals surface area contributed by atoms with Crippen molar-refractivity contribution >= 4 is 21.6 Å². The lowest BCUT2D eigenvalue weighted by atomic mass is 10.2. The van der Waals surface area contributed by atoms with Crippen molar-refractivity contribution < 1.29 is 23.1 Å². The lowest BCUT2D eigenvalue weighted by molar-refractivity contribution is -0.137. The molecule has 0 saturated carbocycles. The SMILES string of the molecule is CCOc1cc(N2CCS(=O)(=O)CC2CC(=O)O)ncn1. The molecule has 0 spiro atoms. The number of anilines is 1. The van der Waals surface area contributed by atoms with Gasteiger partial charge in [0.25, 0.3) is 0 Å². The monoisotopic (exact) mass is 315 g/mol. The van der Waals surface area contributed by atoms with Crippen LogP contribution in [-0.2, 0) is 14.6 Å². The van der Waals surface area contributed by atoms with Crippen molar-refractivity contribution in [1.29, 1.82) is 0 Å². The molecule has 116 valence electrons. The Labute approximate surface area is 122 Å². The first-order chi connectivity index (χ1) is 9.91. The highest BCUT2D eigenvalue weighted by Gasteiger charge is 2.33. The van der Waals surface area contributed by atoms with Gasteiger partial charge < -0.3 is 14.7 Å². The standard InChI is InChI=1S/C12H17N3O5S/c1-2-20-11-6-10(13-8-14-11)15-3-4-21(18,19)7-9(15)5-12(16)17/h6,8-9H,2-5,7H2,1H3,(H,16,17). The summed E-state index contributed by atoms with van der Waals surface area (Å²) in [6.07, 6.45) is 1.06. The van der Waals surface area contributed by atoms with Gasteiger partial charge in [0.15, 0.2) is 9.84 Å². The van der Waals surface area contributed by atoms with E-state index in [0.717, 1.165) is 0 Å². The maximum atomic E-state index is 11.7.